The Morgan fingerprint density at radius 3 is 2.79 bits per heavy atom. The Hall–Kier alpha value is -2.41. The van der Waals surface area contributed by atoms with Crippen molar-refractivity contribution in [2.45, 2.75) is 32.5 Å². The molecule has 1 N–H and O–H groups in total. The Morgan fingerprint density at radius 1 is 1.29 bits per heavy atom. The maximum absolute atomic E-state index is 12.4. The summed E-state index contributed by atoms with van der Waals surface area (Å²) in [4.78, 5) is 14.2. The van der Waals surface area contributed by atoms with Gasteiger partial charge in [0.05, 0.1) is 19.2 Å². The molecule has 7 heteroatoms. The number of carbonyl (C=O) groups is 1. The first kappa shape index (κ1) is 16.4. The zero-order valence-corrected chi connectivity index (χ0v) is 14.1. The Balaban J connectivity index is 1.69. The van der Waals surface area contributed by atoms with Crippen molar-refractivity contribution in [1.82, 2.24) is 25.0 Å². The molecule has 1 aromatic carbocycles. The molecule has 0 saturated heterocycles. The highest BCUT2D eigenvalue weighted by atomic mass is 16.5. The number of hydrogen-bond acceptors (Lipinski definition) is 4. The smallest absolute Gasteiger partial charge is 0.318 e. The van der Waals surface area contributed by atoms with Crippen LogP contribution in [0, 0.1) is 0 Å². The molecule has 2 aromatic rings. The molecule has 0 unspecified atom stereocenters. The highest BCUT2D eigenvalue weighted by Gasteiger charge is 2.25. The van der Waals surface area contributed by atoms with Gasteiger partial charge in [-0.1, -0.05) is 37.3 Å². The number of methoxy groups -OCH3 is 1. The van der Waals surface area contributed by atoms with Crippen LogP contribution in [0.25, 0.3) is 11.4 Å². The minimum atomic E-state index is -0.0746. The molecule has 0 radical (unpaired) electrons. The number of fused-ring (bicyclic) bond motifs is 1. The van der Waals surface area contributed by atoms with Crippen LogP contribution in [-0.4, -0.2) is 52.0 Å². The molecule has 1 aliphatic heterocycles. The normalized spacial score (nSPS) is 15.0. The van der Waals surface area contributed by atoms with Crippen LogP contribution in [0.1, 0.15) is 19.2 Å². The van der Waals surface area contributed by atoms with Gasteiger partial charge < -0.3 is 19.5 Å². The van der Waals surface area contributed by atoms with Crippen LogP contribution in [0.15, 0.2) is 30.3 Å². The fourth-order valence-corrected chi connectivity index (χ4v) is 2.86. The molecule has 128 valence electrons. The van der Waals surface area contributed by atoms with Crippen molar-refractivity contribution in [3.63, 3.8) is 0 Å². The standard InChI is InChI=1S/C17H23N5O2/c1-3-14(12-24-2)18-17(23)21-9-10-22-15(11-21)19-20-16(22)13-7-5-4-6-8-13/h4-8,14H,3,9-12H2,1-2H3,(H,18,23)/t14-/m1/s1. The van der Waals surface area contributed by atoms with Gasteiger partial charge >= 0.3 is 6.03 Å². The number of ether oxygens (including phenoxy) is 1. The molecule has 2 heterocycles. The Bertz CT molecular complexity index is 686. The third-order valence-electron chi connectivity index (χ3n) is 4.26. The highest BCUT2D eigenvalue weighted by molar-refractivity contribution is 5.74. The van der Waals surface area contributed by atoms with Crippen molar-refractivity contribution in [2.75, 3.05) is 20.3 Å². The predicted octanol–water partition coefficient (Wildman–Crippen LogP) is 1.90. The van der Waals surface area contributed by atoms with Gasteiger partial charge in [-0.25, -0.2) is 4.79 Å². The first-order valence-electron chi connectivity index (χ1n) is 8.24. The molecule has 24 heavy (non-hydrogen) atoms. The third-order valence-corrected chi connectivity index (χ3v) is 4.26. The van der Waals surface area contributed by atoms with E-state index in [-0.39, 0.29) is 12.1 Å². The number of urea groups is 1. The number of carbonyl (C=O) groups excluding carboxylic acids is 1. The van der Waals surface area contributed by atoms with E-state index in [9.17, 15) is 4.79 Å². The van der Waals surface area contributed by atoms with Gasteiger partial charge in [0.15, 0.2) is 11.6 Å². The number of amides is 2. The maximum atomic E-state index is 12.4. The molecule has 0 saturated carbocycles. The summed E-state index contributed by atoms with van der Waals surface area (Å²) in [6.07, 6.45) is 0.835. The second kappa shape index (κ2) is 7.44. The van der Waals surface area contributed by atoms with Crippen LogP contribution in [0.4, 0.5) is 4.79 Å². The second-order valence-electron chi connectivity index (χ2n) is 5.89. The average Bonchev–Trinajstić information content (AvgIpc) is 3.05. The lowest BCUT2D eigenvalue weighted by molar-refractivity contribution is 0.147. The SMILES string of the molecule is CC[C@H](COC)NC(=O)N1CCn2c(nnc2-c2ccccc2)C1. The van der Waals surface area contributed by atoms with E-state index >= 15 is 0 Å². The van der Waals surface area contributed by atoms with Gasteiger partial charge in [-0.3, -0.25) is 0 Å². The van der Waals surface area contributed by atoms with Crippen LogP contribution in [-0.2, 0) is 17.8 Å². The van der Waals surface area contributed by atoms with Gasteiger partial charge in [0, 0.05) is 25.8 Å². The van der Waals surface area contributed by atoms with Crippen LogP contribution < -0.4 is 5.32 Å². The number of aromatic nitrogens is 3. The summed E-state index contributed by atoms with van der Waals surface area (Å²) in [5.74, 6) is 1.67. The summed E-state index contributed by atoms with van der Waals surface area (Å²) in [6.45, 7) is 4.35. The predicted molar refractivity (Wildman–Crippen MR) is 90.4 cm³/mol. The summed E-state index contributed by atoms with van der Waals surface area (Å²) in [6, 6.07) is 9.95. The van der Waals surface area contributed by atoms with Crippen molar-refractivity contribution < 1.29 is 9.53 Å². The monoisotopic (exact) mass is 329 g/mol. The Kier molecular flexibility index (Phi) is 5.10. The van der Waals surface area contributed by atoms with E-state index in [0.29, 0.717) is 26.2 Å². The molecule has 0 fully saturated rings. The van der Waals surface area contributed by atoms with E-state index in [1.807, 2.05) is 37.3 Å². The van der Waals surface area contributed by atoms with Crippen LogP contribution in [0.5, 0.6) is 0 Å². The van der Waals surface area contributed by atoms with Crippen molar-refractivity contribution in [3.8, 4) is 11.4 Å². The zero-order valence-electron chi connectivity index (χ0n) is 14.1. The number of nitrogens with one attached hydrogen (secondary N) is 1. The van der Waals surface area contributed by atoms with Gasteiger partial charge in [0.25, 0.3) is 0 Å². The van der Waals surface area contributed by atoms with Gasteiger partial charge in [0.1, 0.15) is 0 Å². The van der Waals surface area contributed by atoms with E-state index in [1.54, 1.807) is 12.0 Å². The fraction of sp³-hybridized carbons (Fsp3) is 0.471. The van der Waals surface area contributed by atoms with Crippen molar-refractivity contribution in [1.29, 1.82) is 0 Å². The molecule has 3 rings (SSSR count). The van der Waals surface area contributed by atoms with Crippen molar-refractivity contribution in [3.05, 3.63) is 36.2 Å². The fourth-order valence-electron chi connectivity index (χ4n) is 2.86. The van der Waals surface area contributed by atoms with E-state index < -0.39 is 0 Å². The second-order valence-corrected chi connectivity index (χ2v) is 5.89. The molecule has 1 atom stereocenters. The molecule has 0 spiro atoms. The van der Waals surface area contributed by atoms with Crippen molar-refractivity contribution >= 4 is 6.03 Å². The summed E-state index contributed by atoms with van der Waals surface area (Å²) in [7, 11) is 1.64. The van der Waals surface area contributed by atoms with Gasteiger partial charge in [-0.2, -0.15) is 0 Å². The third kappa shape index (κ3) is 3.41. The number of rotatable bonds is 5. The molecule has 1 aliphatic rings. The lowest BCUT2D eigenvalue weighted by Crippen LogP contribution is -2.48. The molecule has 0 aliphatic carbocycles. The van der Waals surface area contributed by atoms with Crippen molar-refractivity contribution in [2.24, 2.45) is 0 Å². The topological polar surface area (TPSA) is 72.3 Å². The van der Waals surface area contributed by atoms with E-state index in [0.717, 1.165) is 23.6 Å². The summed E-state index contributed by atoms with van der Waals surface area (Å²) >= 11 is 0. The molecule has 0 bridgehead atoms. The Labute approximate surface area is 141 Å². The summed E-state index contributed by atoms with van der Waals surface area (Å²) in [5, 5.41) is 11.6. The molecule has 2 amide bonds. The molecular formula is C17H23N5O2. The highest BCUT2D eigenvalue weighted by Crippen LogP contribution is 2.21. The zero-order chi connectivity index (χ0) is 16.9. The van der Waals surface area contributed by atoms with Crippen LogP contribution >= 0.6 is 0 Å². The van der Waals surface area contributed by atoms with E-state index in [4.69, 9.17) is 4.74 Å². The summed E-state index contributed by atoms with van der Waals surface area (Å²) in [5.41, 5.74) is 1.04. The molecular weight excluding hydrogens is 306 g/mol. The lowest BCUT2D eigenvalue weighted by atomic mass is 10.2. The lowest BCUT2D eigenvalue weighted by Gasteiger charge is -2.29. The molecule has 7 nitrogen and oxygen atoms in total. The average molecular weight is 329 g/mol. The quantitative estimate of drug-likeness (QED) is 0.909. The van der Waals surface area contributed by atoms with Gasteiger partial charge in [-0.15, -0.1) is 10.2 Å². The van der Waals surface area contributed by atoms with Crippen LogP contribution in [0.3, 0.4) is 0 Å². The largest absolute Gasteiger partial charge is 0.383 e. The number of benzene rings is 1. The van der Waals surface area contributed by atoms with E-state index in [1.165, 1.54) is 0 Å². The summed E-state index contributed by atoms with van der Waals surface area (Å²) < 4.78 is 7.22. The van der Waals surface area contributed by atoms with Gasteiger partial charge in [0.2, 0.25) is 0 Å². The Morgan fingerprint density at radius 2 is 2.08 bits per heavy atom. The minimum Gasteiger partial charge on any atom is -0.383 e. The van der Waals surface area contributed by atoms with E-state index in [2.05, 4.69) is 20.1 Å². The molecule has 1 aromatic heterocycles. The number of nitrogens with zero attached hydrogens (tertiary/aromatic N) is 4. The van der Waals surface area contributed by atoms with Gasteiger partial charge in [-0.05, 0) is 6.42 Å². The number of hydrogen-bond donors (Lipinski definition) is 1. The first-order valence-corrected chi connectivity index (χ1v) is 8.24. The van der Waals surface area contributed by atoms with Crippen LogP contribution in [0.2, 0.25) is 0 Å². The first-order chi connectivity index (χ1) is 11.7. The minimum absolute atomic E-state index is 0.0298. The maximum Gasteiger partial charge on any atom is 0.318 e.